The standard InChI is InChI=1S/C10H18N2O5S/c1-18(16,17)7-3-5-11-10(15)12-6-2-4-8(12)9(13)14/h8H,2-7H2,1H3,(H,11,15)(H,13,14). The lowest BCUT2D eigenvalue weighted by Crippen LogP contribution is -2.46. The van der Waals surface area contributed by atoms with E-state index in [4.69, 9.17) is 5.11 Å². The van der Waals surface area contributed by atoms with Crippen molar-refractivity contribution in [3.8, 4) is 0 Å². The molecule has 0 aromatic carbocycles. The minimum atomic E-state index is -3.02. The van der Waals surface area contributed by atoms with Crippen LogP contribution in [0.25, 0.3) is 0 Å². The van der Waals surface area contributed by atoms with Crippen LogP contribution in [-0.2, 0) is 14.6 Å². The Morgan fingerprint density at radius 3 is 2.67 bits per heavy atom. The van der Waals surface area contributed by atoms with Crippen LogP contribution in [0.5, 0.6) is 0 Å². The highest BCUT2D eigenvalue weighted by Crippen LogP contribution is 2.17. The van der Waals surface area contributed by atoms with Crippen molar-refractivity contribution in [2.24, 2.45) is 0 Å². The summed E-state index contributed by atoms with van der Waals surface area (Å²) in [5, 5.41) is 11.5. The van der Waals surface area contributed by atoms with Gasteiger partial charge in [-0.05, 0) is 19.3 Å². The molecule has 0 spiro atoms. The van der Waals surface area contributed by atoms with Gasteiger partial charge in [-0.3, -0.25) is 0 Å². The molecule has 1 rings (SSSR count). The van der Waals surface area contributed by atoms with Crippen LogP contribution in [0.2, 0.25) is 0 Å². The molecule has 1 atom stereocenters. The average molecular weight is 278 g/mol. The van der Waals surface area contributed by atoms with Crippen molar-refractivity contribution in [1.29, 1.82) is 0 Å². The average Bonchev–Trinajstić information content (AvgIpc) is 2.71. The van der Waals surface area contributed by atoms with Crippen molar-refractivity contribution >= 4 is 21.8 Å². The molecule has 104 valence electrons. The molecule has 1 fully saturated rings. The van der Waals surface area contributed by atoms with Crippen LogP contribution >= 0.6 is 0 Å². The van der Waals surface area contributed by atoms with Crippen molar-refractivity contribution < 1.29 is 23.1 Å². The Hall–Kier alpha value is -1.31. The summed E-state index contributed by atoms with van der Waals surface area (Å²) in [5.41, 5.74) is 0. The van der Waals surface area contributed by atoms with E-state index in [1.54, 1.807) is 0 Å². The molecule has 0 aliphatic carbocycles. The Bertz CT molecular complexity index is 420. The molecule has 1 saturated heterocycles. The molecule has 1 aliphatic heterocycles. The predicted molar refractivity (Wildman–Crippen MR) is 65.1 cm³/mol. The normalized spacial score (nSPS) is 19.8. The molecule has 0 saturated carbocycles. The number of hydrogen-bond donors (Lipinski definition) is 2. The van der Waals surface area contributed by atoms with E-state index >= 15 is 0 Å². The van der Waals surface area contributed by atoms with Crippen LogP contribution in [0.4, 0.5) is 4.79 Å². The molecule has 2 N–H and O–H groups in total. The van der Waals surface area contributed by atoms with Gasteiger partial charge >= 0.3 is 12.0 Å². The van der Waals surface area contributed by atoms with Crippen LogP contribution in [0.15, 0.2) is 0 Å². The molecule has 8 heteroatoms. The number of hydrogen-bond acceptors (Lipinski definition) is 4. The summed E-state index contributed by atoms with van der Waals surface area (Å²) < 4.78 is 21.7. The lowest BCUT2D eigenvalue weighted by atomic mass is 10.2. The minimum absolute atomic E-state index is 0.00956. The molecule has 0 aromatic rings. The summed E-state index contributed by atoms with van der Waals surface area (Å²) >= 11 is 0. The Balaban J connectivity index is 2.35. The zero-order valence-electron chi connectivity index (χ0n) is 10.3. The molecule has 1 aliphatic rings. The molecule has 1 unspecified atom stereocenters. The number of nitrogens with one attached hydrogen (secondary N) is 1. The van der Waals surface area contributed by atoms with Crippen molar-refractivity contribution in [3.05, 3.63) is 0 Å². The van der Waals surface area contributed by atoms with E-state index in [2.05, 4.69) is 5.32 Å². The maximum Gasteiger partial charge on any atom is 0.326 e. The first kappa shape index (κ1) is 14.7. The number of aliphatic carboxylic acids is 1. The summed E-state index contributed by atoms with van der Waals surface area (Å²) in [7, 11) is -3.02. The molecule has 7 nitrogen and oxygen atoms in total. The van der Waals surface area contributed by atoms with E-state index in [9.17, 15) is 18.0 Å². The van der Waals surface area contributed by atoms with E-state index in [1.165, 1.54) is 4.90 Å². The number of nitrogens with zero attached hydrogens (tertiary/aromatic N) is 1. The van der Waals surface area contributed by atoms with Gasteiger partial charge in [0.2, 0.25) is 0 Å². The van der Waals surface area contributed by atoms with E-state index in [1.807, 2.05) is 0 Å². The number of likely N-dealkylation sites (tertiary alicyclic amines) is 1. The van der Waals surface area contributed by atoms with E-state index in [0.29, 0.717) is 25.8 Å². The number of carbonyl (C=O) groups is 2. The topological polar surface area (TPSA) is 104 Å². The smallest absolute Gasteiger partial charge is 0.326 e. The van der Waals surface area contributed by atoms with Gasteiger partial charge in [0.15, 0.2) is 0 Å². The van der Waals surface area contributed by atoms with Gasteiger partial charge in [-0.15, -0.1) is 0 Å². The van der Waals surface area contributed by atoms with Crippen LogP contribution in [-0.4, -0.2) is 61.6 Å². The predicted octanol–water partition coefficient (Wildman–Crippen LogP) is -0.320. The Morgan fingerprint density at radius 2 is 2.11 bits per heavy atom. The van der Waals surface area contributed by atoms with Crippen molar-refractivity contribution in [1.82, 2.24) is 10.2 Å². The summed E-state index contributed by atoms with van der Waals surface area (Å²) in [6, 6.07) is -1.20. The second-order valence-corrected chi connectivity index (χ2v) is 6.66. The summed E-state index contributed by atoms with van der Waals surface area (Å²) in [4.78, 5) is 23.8. The molecule has 18 heavy (non-hydrogen) atoms. The largest absolute Gasteiger partial charge is 0.480 e. The first-order valence-electron chi connectivity index (χ1n) is 5.76. The van der Waals surface area contributed by atoms with Gasteiger partial charge in [0, 0.05) is 19.3 Å². The zero-order chi connectivity index (χ0) is 13.8. The Labute approximate surface area is 106 Å². The summed E-state index contributed by atoms with van der Waals surface area (Å²) in [6.45, 7) is 0.656. The molecule has 1 heterocycles. The van der Waals surface area contributed by atoms with Crippen LogP contribution < -0.4 is 5.32 Å². The monoisotopic (exact) mass is 278 g/mol. The lowest BCUT2D eigenvalue weighted by Gasteiger charge is -2.21. The minimum Gasteiger partial charge on any atom is -0.480 e. The van der Waals surface area contributed by atoms with Gasteiger partial charge in [0.05, 0.1) is 5.75 Å². The third-order valence-electron chi connectivity index (χ3n) is 2.77. The zero-order valence-corrected chi connectivity index (χ0v) is 11.1. The highest BCUT2D eigenvalue weighted by molar-refractivity contribution is 7.90. The molecular formula is C10H18N2O5S. The lowest BCUT2D eigenvalue weighted by molar-refractivity contribution is -0.141. The Morgan fingerprint density at radius 1 is 1.44 bits per heavy atom. The van der Waals surface area contributed by atoms with Gasteiger partial charge < -0.3 is 15.3 Å². The SMILES string of the molecule is CS(=O)(=O)CCCNC(=O)N1CCCC1C(=O)O. The molecule has 0 radical (unpaired) electrons. The third-order valence-corrected chi connectivity index (χ3v) is 3.80. The molecule has 0 aromatic heterocycles. The van der Waals surface area contributed by atoms with Gasteiger partial charge in [-0.1, -0.05) is 0 Å². The van der Waals surface area contributed by atoms with Crippen LogP contribution in [0, 0.1) is 0 Å². The van der Waals surface area contributed by atoms with E-state index in [-0.39, 0.29) is 12.3 Å². The molecular weight excluding hydrogens is 260 g/mol. The number of carbonyl (C=O) groups excluding carboxylic acids is 1. The van der Waals surface area contributed by atoms with Gasteiger partial charge in [-0.2, -0.15) is 0 Å². The van der Waals surface area contributed by atoms with E-state index < -0.39 is 27.9 Å². The number of urea groups is 1. The quantitative estimate of drug-likeness (QED) is 0.671. The van der Waals surface area contributed by atoms with Gasteiger partial charge in [0.25, 0.3) is 0 Å². The fraction of sp³-hybridized carbons (Fsp3) is 0.800. The summed E-state index contributed by atoms with van der Waals surface area (Å²) in [6.07, 6.45) is 2.60. The highest BCUT2D eigenvalue weighted by Gasteiger charge is 2.33. The fourth-order valence-electron chi connectivity index (χ4n) is 1.90. The number of sulfone groups is 1. The van der Waals surface area contributed by atoms with Crippen molar-refractivity contribution in [2.45, 2.75) is 25.3 Å². The Kier molecular flexibility index (Phi) is 4.94. The van der Waals surface area contributed by atoms with Crippen molar-refractivity contribution in [2.75, 3.05) is 25.1 Å². The van der Waals surface area contributed by atoms with Gasteiger partial charge in [0.1, 0.15) is 15.9 Å². The molecule has 2 amide bonds. The highest BCUT2D eigenvalue weighted by atomic mass is 32.2. The molecule has 0 bridgehead atoms. The second-order valence-electron chi connectivity index (χ2n) is 4.41. The third kappa shape index (κ3) is 4.52. The number of carboxylic acids is 1. The van der Waals surface area contributed by atoms with Gasteiger partial charge in [-0.25, -0.2) is 18.0 Å². The number of amides is 2. The number of rotatable bonds is 5. The van der Waals surface area contributed by atoms with Crippen LogP contribution in [0.1, 0.15) is 19.3 Å². The first-order chi connectivity index (χ1) is 8.31. The maximum absolute atomic E-state index is 11.7. The van der Waals surface area contributed by atoms with Crippen molar-refractivity contribution in [3.63, 3.8) is 0 Å². The number of carboxylic acid groups (broad SMARTS) is 1. The second kappa shape index (κ2) is 6.03. The maximum atomic E-state index is 11.7. The summed E-state index contributed by atoms with van der Waals surface area (Å²) in [5.74, 6) is -0.992. The van der Waals surface area contributed by atoms with Crippen LogP contribution in [0.3, 0.4) is 0 Å². The van der Waals surface area contributed by atoms with E-state index in [0.717, 1.165) is 6.26 Å². The first-order valence-corrected chi connectivity index (χ1v) is 7.82. The fourth-order valence-corrected chi connectivity index (χ4v) is 2.57.